The largest absolute Gasteiger partial charge is 0.497 e. The van der Waals surface area contributed by atoms with Crippen LogP contribution in [0.25, 0.3) is 10.9 Å². The fourth-order valence-electron chi connectivity index (χ4n) is 2.75. The number of hydrogen-bond acceptors (Lipinski definition) is 4. The zero-order chi connectivity index (χ0) is 19.9. The first kappa shape index (κ1) is 19.4. The maximum atomic E-state index is 12.4. The molecule has 0 bridgehead atoms. The minimum atomic E-state index is -0.194. The van der Waals surface area contributed by atoms with Gasteiger partial charge in [0, 0.05) is 29.6 Å². The quantitative estimate of drug-likeness (QED) is 0.357. The van der Waals surface area contributed by atoms with Gasteiger partial charge in [-0.05, 0) is 48.4 Å². The molecule has 2 amide bonds. The highest BCUT2D eigenvalue weighted by Gasteiger charge is 2.10. The number of benzene rings is 2. The Labute approximate surface area is 163 Å². The van der Waals surface area contributed by atoms with Gasteiger partial charge in [0.2, 0.25) is 0 Å². The summed E-state index contributed by atoms with van der Waals surface area (Å²) in [4.78, 5) is 27.5. The summed E-state index contributed by atoms with van der Waals surface area (Å²) in [7, 11) is 1.61. The van der Waals surface area contributed by atoms with Gasteiger partial charge in [-0.2, -0.15) is 0 Å². The van der Waals surface area contributed by atoms with Gasteiger partial charge in [0.25, 0.3) is 11.8 Å². The lowest BCUT2D eigenvalue weighted by molar-refractivity contribution is 0.0929. The lowest BCUT2D eigenvalue weighted by Crippen LogP contribution is -2.37. The average Bonchev–Trinajstić information content (AvgIpc) is 3.15. The molecule has 0 fully saturated rings. The lowest BCUT2D eigenvalue weighted by Gasteiger charge is -2.07. The number of ether oxygens (including phenoxy) is 1. The van der Waals surface area contributed by atoms with Crippen molar-refractivity contribution in [1.29, 1.82) is 0 Å². The third kappa shape index (κ3) is 4.69. The van der Waals surface area contributed by atoms with E-state index in [-0.39, 0.29) is 11.8 Å². The molecule has 3 aromatic rings. The standard InChI is InChI=1S/C21H24N4O3/c1-3-10-23-25-20(26)15-6-4-14(5-7-15)13-22-21(27)19-12-16-11-17(28-2)8-9-18(16)24-19/h4-9,11-12,23-24H,3,10,13H2,1-2H3,(H,22,27)(H,25,26). The molecule has 0 aliphatic heterocycles. The average molecular weight is 380 g/mol. The van der Waals surface area contributed by atoms with Gasteiger partial charge in [-0.25, -0.2) is 5.43 Å². The highest BCUT2D eigenvalue weighted by molar-refractivity contribution is 5.98. The van der Waals surface area contributed by atoms with Gasteiger partial charge in [-0.1, -0.05) is 19.1 Å². The monoisotopic (exact) mass is 380 g/mol. The van der Waals surface area contributed by atoms with E-state index in [4.69, 9.17) is 4.74 Å². The van der Waals surface area contributed by atoms with Gasteiger partial charge in [-0.15, -0.1) is 0 Å². The number of carbonyl (C=O) groups is 2. The number of fused-ring (bicyclic) bond motifs is 1. The number of nitrogens with one attached hydrogen (secondary N) is 4. The molecule has 0 saturated heterocycles. The highest BCUT2D eigenvalue weighted by atomic mass is 16.5. The maximum Gasteiger partial charge on any atom is 0.267 e. The van der Waals surface area contributed by atoms with Crippen molar-refractivity contribution in [2.75, 3.05) is 13.7 Å². The molecule has 0 radical (unpaired) electrons. The van der Waals surface area contributed by atoms with Crippen molar-refractivity contribution >= 4 is 22.7 Å². The number of H-pyrrole nitrogens is 1. The fourth-order valence-corrected chi connectivity index (χ4v) is 2.75. The van der Waals surface area contributed by atoms with E-state index in [1.165, 1.54) is 0 Å². The molecule has 0 spiro atoms. The van der Waals surface area contributed by atoms with E-state index in [0.717, 1.165) is 35.2 Å². The van der Waals surface area contributed by atoms with Crippen LogP contribution in [0.1, 0.15) is 39.8 Å². The van der Waals surface area contributed by atoms with E-state index in [0.29, 0.717) is 17.8 Å². The summed E-state index contributed by atoms with van der Waals surface area (Å²) in [6, 6.07) is 14.5. The molecular formula is C21H24N4O3. The van der Waals surface area contributed by atoms with Crippen LogP contribution < -0.4 is 20.9 Å². The molecule has 1 aromatic heterocycles. The Morgan fingerprint density at radius 3 is 2.54 bits per heavy atom. The first-order valence-corrected chi connectivity index (χ1v) is 9.18. The normalized spacial score (nSPS) is 10.6. The number of hydrazine groups is 1. The topological polar surface area (TPSA) is 95.2 Å². The molecule has 4 N–H and O–H groups in total. The summed E-state index contributed by atoms with van der Waals surface area (Å²) in [6.45, 7) is 3.11. The summed E-state index contributed by atoms with van der Waals surface area (Å²) in [5.74, 6) is 0.366. The van der Waals surface area contributed by atoms with Crippen LogP contribution in [0, 0.1) is 0 Å². The summed E-state index contributed by atoms with van der Waals surface area (Å²) >= 11 is 0. The van der Waals surface area contributed by atoms with Gasteiger partial charge in [0.05, 0.1) is 7.11 Å². The van der Waals surface area contributed by atoms with Crippen molar-refractivity contribution in [3.8, 4) is 5.75 Å². The second kappa shape index (κ2) is 9.05. The third-order valence-corrected chi connectivity index (χ3v) is 4.32. The first-order chi connectivity index (χ1) is 13.6. The molecule has 7 nitrogen and oxygen atoms in total. The molecule has 0 aliphatic carbocycles. The Morgan fingerprint density at radius 1 is 1.04 bits per heavy atom. The van der Waals surface area contributed by atoms with E-state index in [9.17, 15) is 9.59 Å². The van der Waals surface area contributed by atoms with E-state index in [1.54, 1.807) is 25.3 Å². The predicted molar refractivity (Wildman–Crippen MR) is 108 cm³/mol. The van der Waals surface area contributed by atoms with E-state index in [1.807, 2.05) is 37.3 Å². The van der Waals surface area contributed by atoms with Crippen LogP contribution in [-0.4, -0.2) is 30.5 Å². The SMILES string of the molecule is CCCNNC(=O)c1ccc(CNC(=O)c2cc3cc(OC)ccc3[nH]2)cc1. The Morgan fingerprint density at radius 2 is 1.82 bits per heavy atom. The predicted octanol–water partition coefficient (Wildman–Crippen LogP) is 2.75. The fraction of sp³-hybridized carbons (Fsp3) is 0.238. The van der Waals surface area contributed by atoms with Crippen molar-refractivity contribution in [2.45, 2.75) is 19.9 Å². The summed E-state index contributed by atoms with van der Waals surface area (Å²) in [6.07, 6.45) is 0.933. The second-order valence-corrected chi connectivity index (χ2v) is 6.40. The van der Waals surface area contributed by atoms with Crippen LogP contribution in [-0.2, 0) is 6.54 Å². The summed E-state index contributed by atoms with van der Waals surface area (Å²) in [5, 5.41) is 3.79. The van der Waals surface area contributed by atoms with Crippen molar-refractivity contribution in [3.05, 3.63) is 65.4 Å². The Kier molecular flexibility index (Phi) is 6.29. The number of rotatable bonds is 8. The number of aromatic amines is 1. The minimum absolute atomic E-state index is 0.183. The zero-order valence-electron chi connectivity index (χ0n) is 16.0. The molecule has 1 heterocycles. The van der Waals surface area contributed by atoms with E-state index < -0.39 is 0 Å². The van der Waals surface area contributed by atoms with Crippen molar-refractivity contribution < 1.29 is 14.3 Å². The van der Waals surface area contributed by atoms with E-state index >= 15 is 0 Å². The van der Waals surface area contributed by atoms with Crippen LogP contribution >= 0.6 is 0 Å². The molecule has 0 aliphatic rings. The molecular weight excluding hydrogens is 356 g/mol. The smallest absolute Gasteiger partial charge is 0.267 e. The minimum Gasteiger partial charge on any atom is -0.497 e. The van der Waals surface area contributed by atoms with Crippen molar-refractivity contribution in [3.63, 3.8) is 0 Å². The summed E-state index contributed by atoms with van der Waals surface area (Å²) < 4.78 is 5.20. The third-order valence-electron chi connectivity index (χ3n) is 4.32. The molecule has 28 heavy (non-hydrogen) atoms. The van der Waals surface area contributed by atoms with Crippen LogP contribution in [0.3, 0.4) is 0 Å². The maximum absolute atomic E-state index is 12.4. The van der Waals surface area contributed by atoms with Gasteiger partial charge < -0.3 is 15.0 Å². The lowest BCUT2D eigenvalue weighted by atomic mass is 10.1. The number of amides is 2. The first-order valence-electron chi connectivity index (χ1n) is 9.18. The molecule has 0 unspecified atom stereocenters. The van der Waals surface area contributed by atoms with Crippen LogP contribution in [0.15, 0.2) is 48.5 Å². The Bertz CT molecular complexity index is 963. The molecule has 0 atom stereocenters. The number of hydrogen-bond donors (Lipinski definition) is 4. The zero-order valence-corrected chi connectivity index (χ0v) is 16.0. The van der Waals surface area contributed by atoms with Crippen molar-refractivity contribution in [2.24, 2.45) is 0 Å². The van der Waals surface area contributed by atoms with Crippen LogP contribution in [0.4, 0.5) is 0 Å². The number of aromatic nitrogens is 1. The Hall–Kier alpha value is -3.32. The molecule has 7 heteroatoms. The molecule has 2 aromatic carbocycles. The summed E-state index contributed by atoms with van der Waals surface area (Å²) in [5.41, 5.74) is 8.32. The van der Waals surface area contributed by atoms with Crippen LogP contribution in [0.2, 0.25) is 0 Å². The molecule has 146 valence electrons. The van der Waals surface area contributed by atoms with Crippen LogP contribution in [0.5, 0.6) is 5.75 Å². The number of carbonyl (C=O) groups excluding carboxylic acids is 2. The highest BCUT2D eigenvalue weighted by Crippen LogP contribution is 2.21. The molecule has 3 rings (SSSR count). The van der Waals surface area contributed by atoms with E-state index in [2.05, 4.69) is 21.2 Å². The van der Waals surface area contributed by atoms with Gasteiger partial charge >= 0.3 is 0 Å². The van der Waals surface area contributed by atoms with Crippen molar-refractivity contribution in [1.82, 2.24) is 21.2 Å². The van der Waals surface area contributed by atoms with Gasteiger partial charge in [0.1, 0.15) is 11.4 Å². The van der Waals surface area contributed by atoms with Gasteiger partial charge in [-0.3, -0.25) is 15.0 Å². The second-order valence-electron chi connectivity index (χ2n) is 6.40. The molecule has 0 saturated carbocycles. The Balaban J connectivity index is 1.57. The number of methoxy groups -OCH3 is 1. The van der Waals surface area contributed by atoms with Gasteiger partial charge in [0.15, 0.2) is 0 Å².